The molecule has 2 aromatic rings. The molecule has 0 spiro atoms. The molecule has 0 unspecified atom stereocenters. The van der Waals surface area contributed by atoms with Crippen molar-refractivity contribution in [2.24, 2.45) is 11.8 Å². The van der Waals surface area contributed by atoms with Crippen molar-refractivity contribution < 1.29 is 14.3 Å². The van der Waals surface area contributed by atoms with Gasteiger partial charge in [0.2, 0.25) is 11.1 Å². The van der Waals surface area contributed by atoms with Gasteiger partial charge in [-0.25, -0.2) is 9.48 Å². The monoisotopic (exact) mass is 387 g/mol. The number of aromatic nitrogens is 4. The summed E-state index contributed by atoms with van der Waals surface area (Å²) in [4.78, 5) is 23.7. The molecule has 1 N–H and O–H groups in total. The molecule has 1 aromatic heterocycles. The number of ether oxygens (including phenoxy) is 1. The molecule has 2 fully saturated rings. The maximum atomic E-state index is 12.2. The van der Waals surface area contributed by atoms with Crippen LogP contribution in [0.4, 0.5) is 5.69 Å². The van der Waals surface area contributed by atoms with Gasteiger partial charge in [-0.05, 0) is 65.8 Å². The van der Waals surface area contributed by atoms with Crippen molar-refractivity contribution in [1.82, 2.24) is 20.2 Å². The highest BCUT2D eigenvalue weighted by atomic mass is 32.2. The second-order valence-corrected chi connectivity index (χ2v) is 8.00. The number of carbonyl (C=O) groups excluding carboxylic acids is 2. The number of nitrogens with one attached hydrogen (secondary N) is 1. The molecular weight excluding hydrogens is 366 g/mol. The summed E-state index contributed by atoms with van der Waals surface area (Å²) < 4.78 is 6.57. The average molecular weight is 387 g/mol. The first kappa shape index (κ1) is 18.0. The summed E-state index contributed by atoms with van der Waals surface area (Å²) in [5.74, 6) is 1.14. The number of benzene rings is 1. The van der Waals surface area contributed by atoms with Gasteiger partial charge < -0.3 is 10.1 Å². The lowest BCUT2D eigenvalue weighted by atomic mass is 9.96. The van der Waals surface area contributed by atoms with Crippen LogP contribution < -0.4 is 5.32 Å². The smallest absolute Gasteiger partial charge is 0.337 e. The fourth-order valence-corrected chi connectivity index (χ4v) is 4.86. The van der Waals surface area contributed by atoms with Crippen LogP contribution in [0.5, 0.6) is 0 Å². The van der Waals surface area contributed by atoms with Crippen LogP contribution in [0.2, 0.25) is 0 Å². The molecule has 0 aliphatic heterocycles. The van der Waals surface area contributed by atoms with E-state index in [1.807, 2.05) is 4.68 Å². The number of nitrogens with zero attached hydrogens (tertiary/aromatic N) is 4. The van der Waals surface area contributed by atoms with Crippen LogP contribution in [0, 0.1) is 11.8 Å². The molecule has 1 aromatic carbocycles. The molecule has 0 saturated heterocycles. The Hall–Kier alpha value is -2.42. The highest BCUT2D eigenvalue weighted by Gasteiger charge is 2.42. The predicted molar refractivity (Wildman–Crippen MR) is 99.4 cm³/mol. The van der Waals surface area contributed by atoms with Crippen LogP contribution in [-0.4, -0.2) is 44.9 Å². The average Bonchev–Trinajstić information content (AvgIpc) is 3.42. The third-order valence-electron chi connectivity index (χ3n) is 5.40. The SMILES string of the molecule is COC(=O)c1ccc(NC(=O)CSc2nnnn2[C@@H]2C[C@H]3CC[C@H]2C3)cc1. The third-order valence-corrected chi connectivity index (χ3v) is 6.33. The minimum Gasteiger partial charge on any atom is -0.465 e. The number of rotatable bonds is 6. The summed E-state index contributed by atoms with van der Waals surface area (Å²) >= 11 is 1.35. The molecule has 1 heterocycles. The topological polar surface area (TPSA) is 99.0 Å². The van der Waals surface area contributed by atoms with Crippen molar-refractivity contribution in [3.8, 4) is 0 Å². The van der Waals surface area contributed by atoms with Crippen molar-refractivity contribution in [2.75, 3.05) is 18.2 Å². The Kier molecular flexibility index (Phi) is 5.11. The zero-order valence-corrected chi connectivity index (χ0v) is 15.8. The van der Waals surface area contributed by atoms with Gasteiger partial charge in [0.1, 0.15) is 0 Å². The number of amides is 1. The molecule has 8 nitrogen and oxygen atoms in total. The van der Waals surface area contributed by atoms with Crippen molar-refractivity contribution in [3.63, 3.8) is 0 Å². The molecule has 3 atom stereocenters. The number of carbonyl (C=O) groups is 2. The van der Waals surface area contributed by atoms with Crippen LogP contribution in [-0.2, 0) is 9.53 Å². The van der Waals surface area contributed by atoms with Crippen LogP contribution in [0.15, 0.2) is 29.4 Å². The first-order chi connectivity index (χ1) is 13.1. The molecule has 0 radical (unpaired) electrons. The Bertz CT molecular complexity index is 838. The molecule has 2 bridgehead atoms. The summed E-state index contributed by atoms with van der Waals surface area (Å²) in [5.41, 5.74) is 1.07. The van der Waals surface area contributed by atoms with Gasteiger partial charge in [-0.3, -0.25) is 4.79 Å². The number of esters is 1. The summed E-state index contributed by atoms with van der Waals surface area (Å²) in [6, 6.07) is 6.95. The number of tetrazole rings is 1. The van der Waals surface area contributed by atoms with E-state index in [0.717, 1.165) is 12.3 Å². The molecule has 2 aliphatic rings. The van der Waals surface area contributed by atoms with E-state index in [1.165, 1.54) is 38.1 Å². The van der Waals surface area contributed by atoms with E-state index in [0.29, 0.717) is 28.4 Å². The largest absolute Gasteiger partial charge is 0.465 e. The highest BCUT2D eigenvalue weighted by molar-refractivity contribution is 7.99. The maximum Gasteiger partial charge on any atom is 0.337 e. The Labute approximate surface area is 161 Å². The standard InChI is InChI=1S/C18H21N5O3S/c1-26-17(25)12-4-6-14(7-5-12)19-16(24)10-27-18-20-21-22-23(18)15-9-11-2-3-13(15)8-11/h4-7,11,13,15H,2-3,8-10H2,1H3,(H,19,24)/t11-,13-,15+/m0/s1. The molecule has 4 rings (SSSR count). The van der Waals surface area contributed by atoms with Gasteiger partial charge in [0.05, 0.1) is 24.5 Å². The van der Waals surface area contributed by atoms with Crippen molar-refractivity contribution in [1.29, 1.82) is 0 Å². The van der Waals surface area contributed by atoms with Crippen molar-refractivity contribution in [2.45, 2.75) is 36.9 Å². The van der Waals surface area contributed by atoms with Gasteiger partial charge in [0, 0.05) is 5.69 Å². The maximum absolute atomic E-state index is 12.2. The van der Waals surface area contributed by atoms with Gasteiger partial charge in [-0.15, -0.1) is 5.10 Å². The van der Waals surface area contributed by atoms with E-state index in [4.69, 9.17) is 0 Å². The van der Waals surface area contributed by atoms with E-state index in [9.17, 15) is 9.59 Å². The summed E-state index contributed by atoms with van der Waals surface area (Å²) in [5, 5.41) is 15.6. The van der Waals surface area contributed by atoms with E-state index < -0.39 is 5.97 Å². The Morgan fingerprint density at radius 2 is 2.07 bits per heavy atom. The molecule has 9 heteroatoms. The fourth-order valence-electron chi connectivity index (χ4n) is 4.13. The fraction of sp³-hybridized carbons (Fsp3) is 0.500. The molecule has 1 amide bonds. The van der Waals surface area contributed by atoms with Crippen LogP contribution in [0.3, 0.4) is 0 Å². The minimum atomic E-state index is -0.407. The number of fused-ring (bicyclic) bond motifs is 2. The van der Waals surface area contributed by atoms with Crippen molar-refractivity contribution >= 4 is 29.3 Å². The second kappa shape index (κ2) is 7.67. The number of anilines is 1. The first-order valence-electron chi connectivity index (χ1n) is 9.03. The van der Waals surface area contributed by atoms with Gasteiger partial charge in [-0.2, -0.15) is 0 Å². The van der Waals surface area contributed by atoms with Crippen molar-refractivity contribution in [3.05, 3.63) is 29.8 Å². The number of hydrogen-bond acceptors (Lipinski definition) is 7. The summed E-state index contributed by atoms with van der Waals surface area (Å²) in [7, 11) is 1.33. The van der Waals surface area contributed by atoms with E-state index in [1.54, 1.807) is 24.3 Å². The van der Waals surface area contributed by atoms with E-state index in [2.05, 4.69) is 25.6 Å². The Morgan fingerprint density at radius 3 is 2.74 bits per heavy atom. The highest BCUT2D eigenvalue weighted by Crippen LogP contribution is 2.50. The molecule has 2 saturated carbocycles. The lowest BCUT2D eigenvalue weighted by Crippen LogP contribution is -2.19. The summed E-state index contributed by atoms with van der Waals surface area (Å²) in [6.07, 6.45) is 4.99. The minimum absolute atomic E-state index is 0.145. The molecule has 142 valence electrons. The summed E-state index contributed by atoms with van der Waals surface area (Å²) in [6.45, 7) is 0. The Morgan fingerprint density at radius 1 is 1.26 bits per heavy atom. The zero-order valence-electron chi connectivity index (χ0n) is 15.0. The lowest BCUT2D eigenvalue weighted by molar-refractivity contribution is -0.113. The lowest BCUT2D eigenvalue weighted by Gasteiger charge is -2.22. The van der Waals surface area contributed by atoms with Gasteiger partial charge in [0.15, 0.2) is 0 Å². The predicted octanol–water partition coefficient (Wildman–Crippen LogP) is 2.55. The second-order valence-electron chi connectivity index (χ2n) is 7.05. The zero-order chi connectivity index (χ0) is 18.8. The van der Waals surface area contributed by atoms with Crippen LogP contribution >= 0.6 is 11.8 Å². The van der Waals surface area contributed by atoms with Crippen LogP contribution in [0.1, 0.15) is 42.1 Å². The van der Waals surface area contributed by atoms with Gasteiger partial charge in [0.25, 0.3) is 0 Å². The molecule has 2 aliphatic carbocycles. The first-order valence-corrected chi connectivity index (χ1v) is 10.0. The van der Waals surface area contributed by atoms with E-state index >= 15 is 0 Å². The van der Waals surface area contributed by atoms with Crippen LogP contribution in [0.25, 0.3) is 0 Å². The number of hydrogen-bond donors (Lipinski definition) is 1. The normalized spacial score (nSPS) is 23.4. The number of methoxy groups -OCH3 is 1. The molecule has 27 heavy (non-hydrogen) atoms. The quantitative estimate of drug-likeness (QED) is 0.601. The van der Waals surface area contributed by atoms with E-state index in [-0.39, 0.29) is 11.7 Å². The van der Waals surface area contributed by atoms with Gasteiger partial charge >= 0.3 is 5.97 Å². The molecular formula is C18H21N5O3S. The third kappa shape index (κ3) is 3.83. The van der Waals surface area contributed by atoms with Gasteiger partial charge in [-0.1, -0.05) is 18.2 Å². The Balaban J connectivity index is 1.32. The number of thioether (sulfide) groups is 1.